The van der Waals surface area contributed by atoms with Gasteiger partial charge in [-0.15, -0.1) is 4.31 Å². The maximum absolute atomic E-state index is 14.4. The first kappa shape index (κ1) is 21.5. The Morgan fingerprint density at radius 2 is 1.81 bits per heavy atom. The van der Waals surface area contributed by atoms with E-state index < -0.39 is 38.4 Å². The number of halogens is 3. The van der Waals surface area contributed by atoms with Gasteiger partial charge in [0.2, 0.25) is 5.95 Å². The Balaban J connectivity index is 2.66. The lowest BCUT2D eigenvalue weighted by molar-refractivity contribution is 0.0607. The average Bonchev–Trinajstić information content (AvgIpc) is 2.51. The molecule has 0 radical (unpaired) electrons. The van der Waals surface area contributed by atoms with Gasteiger partial charge in [-0.05, 0) is 61.3 Å². The van der Waals surface area contributed by atoms with Crippen molar-refractivity contribution in [3.8, 4) is 0 Å². The lowest BCUT2D eigenvalue weighted by Gasteiger charge is -2.25. The van der Waals surface area contributed by atoms with Gasteiger partial charge in [0.05, 0.1) is 5.02 Å². The van der Waals surface area contributed by atoms with Gasteiger partial charge in [0.1, 0.15) is 16.3 Å². The third-order valence-electron chi connectivity index (χ3n) is 3.00. The summed E-state index contributed by atoms with van der Waals surface area (Å²) in [6, 6.07) is 1.78. The number of aryl methyl sites for hydroxylation is 1. The second kappa shape index (κ2) is 7.69. The molecule has 1 aromatic carbocycles. The summed E-state index contributed by atoms with van der Waals surface area (Å²) < 4.78 is 46.0. The summed E-state index contributed by atoms with van der Waals surface area (Å²) in [6.45, 7) is 6.36. The molecule has 1 amide bonds. The molecule has 11 heteroatoms. The minimum absolute atomic E-state index is 0.0519. The van der Waals surface area contributed by atoms with Crippen molar-refractivity contribution in [3.63, 3.8) is 0 Å². The van der Waals surface area contributed by atoms with Crippen LogP contribution in [0.4, 0.5) is 15.1 Å². The fraction of sp³-hybridized carbons (Fsp3) is 0.312. The zero-order chi connectivity index (χ0) is 20.6. The molecule has 0 spiro atoms. The van der Waals surface area contributed by atoms with Crippen LogP contribution >= 0.6 is 27.5 Å². The monoisotopic (exact) mass is 479 g/mol. The van der Waals surface area contributed by atoms with Gasteiger partial charge in [0.25, 0.3) is 10.0 Å². The Morgan fingerprint density at radius 1 is 1.26 bits per heavy atom. The molecule has 1 heterocycles. The number of rotatable bonds is 3. The summed E-state index contributed by atoms with van der Waals surface area (Å²) >= 11 is 8.91. The summed E-state index contributed by atoms with van der Waals surface area (Å²) in [5.41, 5.74) is -0.371. The van der Waals surface area contributed by atoms with Gasteiger partial charge in [-0.3, -0.25) is 0 Å². The molecule has 2 rings (SSSR count). The number of nitrogens with zero attached hydrogens (tertiary/aromatic N) is 3. The van der Waals surface area contributed by atoms with E-state index in [0.717, 1.165) is 12.1 Å². The Labute approximate surface area is 169 Å². The molecule has 2 aromatic rings. The van der Waals surface area contributed by atoms with Gasteiger partial charge in [-0.2, -0.15) is 0 Å². The van der Waals surface area contributed by atoms with Gasteiger partial charge in [-0.25, -0.2) is 27.6 Å². The molecule has 7 nitrogen and oxygen atoms in total. The number of amides is 1. The highest BCUT2D eigenvalue weighted by Gasteiger charge is 2.38. The highest BCUT2D eigenvalue weighted by molar-refractivity contribution is 9.10. The Bertz CT molecular complexity index is 978. The number of carbonyl (C=O) groups excluding carboxylic acids is 1. The average molecular weight is 481 g/mol. The molecule has 0 atom stereocenters. The standard InChI is InChI=1S/C16H16BrClFN3O4S/c1-9-7-20-14(21-8-9)22(15(23)26-16(2,3)4)27(24,25)13-6-11(18)10(17)5-12(13)19/h5-8H,1-4H3. The molecule has 0 saturated heterocycles. The molecule has 0 bridgehead atoms. The fourth-order valence-corrected chi connectivity index (χ4v) is 3.74. The number of hydrogen-bond donors (Lipinski definition) is 0. The van der Waals surface area contributed by atoms with Crippen LogP contribution in [0.2, 0.25) is 5.02 Å². The number of aromatic nitrogens is 2. The zero-order valence-electron chi connectivity index (χ0n) is 14.8. The molecular formula is C16H16BrClFN3O4S. The van der Waals surface area contributed by atoms with Crippen LogP contribution in [-0.4, -0.2) is 30.1 Å². The van der Waals surface area contributed by atoms with Crippen molar-refractivity contribution in [3.05, 3.63) is 45.4 Å². The predicted molar refractivity (Wildman–Crippen MR) is 102 cm³/mol. The highest BCUT2D eigenvalue weighted by Crippen LogP contribution is 2.31. The van der Waals surface area contributed by atoms with Crippen molar-refractivity contribution < 1.29 is 22.3 Å². The van der Waals surface area contributed by atoms with Crippen molar-refractivity contribution in [1.82, 2.24) is 9.97 Å². The lowest BCUT2D eigenvalue weighted by atomic mass is 10.2. The highest BCUT2D eigenvalue weighted by atomic mass is 79.9. The maximum atomic E-state index is 14.4. The second-order valence-electron chi connectivity index (χ2n) is 6.51. The second-order valence-corrected chi connectivity index (χ2v) is 9.52. The van der Waals surface area contributed by atoms with Crippen molar-refractivity contribution in [2.45, 2.75) is 38.2 Å². The number of benzene rings is 1. The van der Waals surface area contributed by atoms with Crippen LogP contribution in [-0.2, 0) is 14.8 Å². The first-order valence-electron chi connectivity index (χ1n) is 7.54. The van der Waals surface area contributed by atoms with Gasteiger partial charge in [0.15, 0.2) is 0 Å². The van der Waals surface area contributed by atoms with E-state index >= 15 is 0 Å². The first-order chi connectivity index (χ1) is 12.3. The van der Waals surface area contributed by atoms with Gasteiger partial charge in [0, 0.05) is 16.9 Å². The van der Waals surface area contributed by atoms with Crippen LogP contribution in [0, 0.1) is 12.7 Å². The molecule has 0 unspecified atom stereocenters. The Hall–Kier alpha value is -1.78. The largest absolute Gasteiger partial charge is 0.443 e. The van der Waals surface area contributed by atoms with E-state index in [1.54, 1.807) is 27.7 Å². The lowest BCUT2D eigenvalue weighted by Crippen LogP contribution is -2.42. The molecule has 0 N–H and O–H groups in total. The number of sulfonamides is 1. The molecule has 0 aliphatic carbocycles. The molecule has 146 valence electrons. The predicted octanol–water partition coefficient (Wildman–Crippen LogP) is 4.47. The van der Waals surface area contributed by atoms with Crippen LogP contribution < -0.4 is 4.31 Å². The molecule has 27 heavy (non-hydrogen) atoms. The van der Waals surface area contributed by atoms with Crippen molar-refractivity contribution in [2.75, 3.05) is 4.31 Å². The van der Waals surface area contributed by atoms with E-state index in [-0.39, 0.29) is 13.8 Å². The maximum Gasteiger partial charge on any atom is 0.431 e. The van der Waals surface area contributed by atoms with Crippen molar-refractivity contribution >= 4 is 49.6 Å². The van der Waals surface area contributed by atoms with E-state index in [4.69, 9.17) is 16.3 Å². The van der Waals surface area contributed by atoms with E-state index in [1.807, 2.05) is 0 Å². The van der Waals surface area contributed by atoms with Gasteiger partial charge < -0.3 is 4.74 Å². The van der Waals surface area contributed by atoms with Crippen molar-refractivity contribution in [2.24, 2.45) is 0 Å². The van der Waals surface area contributed by atoms with E-state index in [9.17, 15) is 17.6 Å². The summed E-state index contributed by atoms with van der Waals surface area (Å²) in [7, 11) is -4.76. The smallest absolute Gasteiger partial charge is 0.431 e. The third kappa shape index (κ3) is 4.94. The third-order valence-corrected chi connectivity index (χ3v) is 5.86. The number of ether oxygens (including phenoxy) is 1. The SMILES string of the molecule is Cc1cnc(N(C(=O)OC(C)(C)C)S(=O)(=O)c2cc(Cl)c(Br)cc2F)nc1. The van der Waals surface area contributed by atoms with Crippen LogP contribution in [0.3, 0.4) is 0 Å². The number of anilines is 1. The van der Waals surface area contributed by atoms with Gasteiger partial charge >= 0.3 is 6.09 Å². The van der Waals surface area contributed by atoms with Crippen molar-refractivity contribution in [1.29, 1.82) is 0 Å². The van der Waals surface area contributed by atoms with Crippen LogP contribution in [0.1, 0.15) is 26.3 Å². The molecule has 0 saturated carbocycles. The van der Waals surface area contributed by atoms with Crippen LogP contribution in [0.25, 0.3) is 0 Å². The number of carbonyl (C=O) groups is 1. The van der Waals surface area contributed by atoms with Gasteiger partial charge in [-0.1, -0.05) is 11.6 Å². The molecule has 0 fully saturated rings. The first-order valence-corrected chi connectivity index (χ1v) is 10.2. The topological polar surface area (TPSA) is 89.5 Å². The zero-order valence-corrected chi connectivity index (χ0v) is 18.0. The minimum Gasteiger partial charge on any atom is -0.443 e. The molecule has 0 aliphatic rings. The summed E-state index contributed by atoms with van der Waals surface area (Å²) in [5.74, 6) is -1.58. The van der Waals surface area contributed by atoms with Crippen LogP contribution in [0.5, 0.6) is 0 Å². The summed E-state index contributed by atoms with van der Waals surface area (Å²) in [4.78, 5) is 19.5. The summed E-state index contributed by atoms with van der Waals surface area (Å²) in [5, 5.41) is -0.0519. The minimum atomic E-state index is -4.76. The fourth-order valence-electron chi connectivity index (χ4n) is 1.88. The normalized spacial score (nSPS) is 12.0. The Kier molecular flexibility index (Phi) is 6.13. The molecular weight excluding hydrogens is 465 g/mol. The van der Waals surface area contributed by atoms with E-state index in [1.165, 1.54) is 12.4 Å². The van der Waals surface area contributed by atoms with E-state index in [0.29, 0.717) is 5.56 Å². The van der Waals surface area contributed by atoms with Crippen LogP contribution in [0.15, 0.2) is 33.9 Å². The quantitative estimate of drug-likeness (QED) is 0.602. The summed E-state index contributed by atoms with van der Waals surface area (Å²) in [6.07, 6.45) is 1.37. The molecule has 0 aliphatic heterocycles. The molecule has 1 aromatic heterocycles. The number of hydrogen-bond acceptors (Lipinski definition) is 6. The van der Waals surface area contributed by atoms with E-state index in [2.05, 4.69) is 25.9 Å². The Morgan fingerprint density at radius 3 is 2.33 bits per heavy atom.